The number of pyridine rings is 1. The molecule has 0 amide bonds. The zero-order valence-electron chi connectivity index (χ0n) is 8.98. The van der Waals surface area contributed by atoms with Gasteiger partial charge in [-0.3, -0.25) is 4.98 Å². The Kier molecular flexibility index (Phi) is 3.42. The molecule has 0 saturated carbocycles. The average molecular weight is 234 g/mol. The first-order valence-electron chi connectivity index (χ1n) is 5.03. The zero-order valence-corrected chi connectivity index (χ0v) is 9.74. The van der Waals surface area contributed by atoms with E-state index in [0.717, 1.165) is 16.9 Å². The molecule has 0 aliphatic rings. The van der Waals surface area contributed by atoms with E-state index in [2.05, 4.69) is 4.98 Å². The van der Waals surface area contributed by atoms with Gasteiger partial charge >= 0.3 is 0 Å². The van der Waals surface area contributed by atoms with Crippen molar-refractivity contribution in [1.29, 1.82) is 0 Å². The standard InChI is InChI=1S/C13H12ClNO/c1-10-4-2-3-5-13(10)16-12-6-11(7-14)8-15-9-12/h2-6,8-9H,7H2,1H3. The van der Waals surface area contributed by atoms with Crippen LogP contribution in [-0.2, 0) is 5.88 Å². The molecule has 16 heavy (non-hydrogen) atoms. The molecular weight excluding hydrogens is 222 g/mol. The molecule has 1 aromatic heterocycles. The van der Waals surface area contributed by atoms with Crippen molar-refractivity contribution in [2.45, 2.75) is 12.8 Å². The van der Waals surface area contributed by atoms with Crippen LogP contribution in [0.15, 0.2) is 42.7 Å². The minimum absolute atomic E-state index is 0.442. The van der Waals surface area contributed by atoms with E-state index in [1.165, 1.54) is 0 Å². The molecule has 1 aromatic carbocycles. The number of hydrogen-bond donors (Lipinski definition) is 0. The van der Waals surface area contributed by atoms with Gasteiger partial charge in [0.25, 0.3) is 0 Å². The SMILES string of the molecule is Cc1ccccc1Oc1cncc(CCl)c1. The van der Waals surface area contributed by atoms with Gasteiger partial charge in [-0.25, -0.2) is 0 Å². The van der Waals surface area contributed by atoms with Crippen molar-refractivity contribution in [2.24, 2.45) is 0 Å². The Hall–Kier alpha value is -1.54. The molecule has 0 spiro atoms. The van der Waals surface area contributed by atoms with Crippen LogP contribution in [0.4, 0.5) is 0 Å². The molecule has 0 bridgehead atoms. The van der Waals surface area contributed by atoms with Gasteiger partial charge in [0.05, 0.1) is 6.20 Å². The minimum Gasteiger partial charge on any atom is -0.455 e. The lowest BCUT2D eigenvalue weighted by molar-refractivity contribution is 0.476. The molecule has 2 nitrogen and oxygen atoms in total. The van der Waals surface area contributed by atoms with Gasteiger partial charge < -0.3 is 4.74 Å². The average Bonchev–Trinajstić information content (AvgIpc) is 2.32. The fourth-order valence-electron chi connectivity index (χ4n) is 1.39. The Bertz CT molecular complexity index is 485. The Morgan fingerprint density at radius 3 is 2.81 bits per heavy atom. The number of ether oxygens (including phenoxy) is 1. The Balaban J connectivity index is 2.24. The first kappa shape index (κ1) is 11.0. The molecule has 0 radical (unpaired) electrons. The molecule has 0 aliphatic heterocycles. The van der Waals surface area contributed by atoms with Crippen LogP contribution in [-0.4, -0.2) is 4.98 Å². The van der Waals surface area contributed by atoms with Gasteiger partial charge in [-0.15, -0.1) is 11.6 Å². The second-order valence-corrected chi connectivity index (χ2v) is 3.80. The van der Waals surface area contributed by atoms with E-state index >= 15 is 0 Å². The molecule has 0 atom stereocenters. The number of hydrogen-bond acceptors (Lipinski definition) is 2. The van der Waals surface area contributed by atoms with E-state index in [4.69, 9.17) is 16.3 Å². The number of aryl methyl sites for hydroxylation is 1. The van der Waals surface area contributed by atoms with Crippen molar-refractivity contribution < 1.29 is 4.74 Å². The number of rotatable bonds is 3. The van der Waals surface area contributed by atoms with Crippen LogP contribution in [0, 0.1) is 6.92 Å². The molecule has 2 rings (SSSR count). The monoisotopic (exact) mass is 233 g/mol. The largest absolute Gasteiger partial charge is 0.455 e. The number of alkyl halides is 1. The summed E-state index contributed by atoms with van der Waals surface area (Å²) in [6.45, 7) is 2.01. The zero-order chi connectivity index (χ0) is 11.4. The Labute approximate surface area is 99.9 Å². The number of benzene rings is 1. The first-order valence-corrected chi connectivity index (χ1v) is 5.56. The second kappa shape index (κ2) is 4.99. The van der Waals surface area contributed by atoms with Crippen LogP contribution in [0.3, 0.4) is 0 Å². The second-order valence-electron chi connectivity index (χ2n) is 3.53. The first-order chi connectivity index (χ1) is 7.79. The fourth-order valence-corrected chi connectivity index (χ4v) is 1.54. The summed E-state index contributed by atoms with van der Waals surface area (Å²) in [6.07, 6.45) is 3.42. The molecule has 0 aliphatic carbocycles. The lowest BCUT2D eigenvalue weighted by atomic mass is 10.2. The highest BCUT2D eigenvalue weighted by Gasteiger charge is 2.01. The number of aromatic nitrogens is 1. The van der Waals surface area contributed by atoms with Crippen LogP contribution in [0.25, 0.3) is 0 Å². The van der Waals surface area contributed by atoms with Crippen molar-refractivity contribution in [2.75, 3.05) is 0 Å². The summed E-state index contributed by atoms with van der Waals surface area (Å²) in [4.78, 5) is 4.07. The summed E-state index contributed by atoms with van der Waals surface area (Å²) < 4.78 is 5.73. The highest BCUT2D eigenvalue weighted by atomic mass is 35.5. The number of halogens is 1. The van der Waals surface area contributed by atoms with Gasteiger partial charge in [0.15, 0.2) is 0 Å². The van der Waals surface area contributed by atoms with E-state index in [-0.39, 0.29) is 0 Å². The van der Waals surface area contributed by atoms with Crippen molar-refractivity contribution in [3.8, 4) is 11.5 Å². The topological polar surface area (TPSA) is 22.1 Å². The van der Waals surface area contributed by atoms with Gasteiger partial charge in [0.2, 0.25) is 0 Å². The van der Waals surface area contributed by atoms with Gasteiger partial charge in [0, 0.05) is 12.1 Å². The summed E-state index contributed by atoms with van der Waals surface area (Å²) in [5, 5.41) is 0. The van der Waals surface area contributed by atoms with Crippen LogP contribution in [0.1, 0.15) is 11.1 Å². The Morgan fingerprint density at radius 2 is 2.06 bits per heavy atom. The van der Waals surface area contributed by atoms with E-state index in [1.54, 1.807) is 12.4 Å². The highest BCUT2D eigenvalue weighted by Crippen LogP contribution is 2.24. The van der Waals surface area contributed by atoms with Gasteiger partial charge in [-0.05, 0) is 30.2 Å². The summed E-state index contributed by atoms with van der Waals surface area (Å²) in [7, 11) is 0. The summed E-state index contributed by atoms with van der Waals surface area (Å²) >= 11 is 5.74. The number of para-hydroxylation sites is 1. The lowest BCUT2D eigenvalue weighted by Crippen LogP contribution is -1.89. The summed E-state index contributed by atoms with van der Waals surface area (Å²) in [5.41, 5.74) is 2.05. The van der Waals surface area contributed by atoms with E-state index < -0.39 is 0 Å². The van der Waals surface area contributed by atoms with E-state index in [9.17, 15) is 0 Å². The normalized spacial score (nSPS) is 10.1. The molecule has 0 saturated heterocycles. The third kappa shape index (κ3) is 2.52. The fraction of sp³-hybridized carbons (Fsp3) is 0.154. The van der Waals surface area contributed by atoms with Crippen LogP contribution < -0.4 is 4.74 Å². The van der Waals surface area contributed by atoms with Crippen molar-refractivity contribution in [1.82, 2.24) is 4.98 Å². The molecule has 0 fully saturated rings. The lowest BCUT2D eigenvalue weighted by Gasteiger charge is -2.08. The molecule has 0 unspecified atom stereocenters. The molecule has 2 aromatic rings. The van der Waals surface area contributed by atoms with Gasteiger partial charge in [0.1, 0.15) is 11.5 Å². The predicted octanol–water partition coefficient (Wildman–Crippen LogP) is 3.92. The highest BCUT2D eigenvalue weighted by molar-refractivity contribution is 6.17. The third-order valence-electron chi connectivity index (χ3n) is 2.25. The van der Waals surface area contributed by atoms with Crippen LogP contribution in [0.5, 0.6) is 11.5 Å². The molecular formula is C13H12ClNO. The molecule has 0 N–H and O–H groups in total. The van der Waals surface area contributed by atoms with Gasteiger partial charge in [-0.2, -0.15) is 0 Å². The van der Waals surface area contributed by atoms with Crippen LogP contribution >= 0.6 is 11.6 Å². The van der Waals surface area contributed by atoms with Gasteiger partial charge in [-0.1, -0.05) is 18.2 Å². The summed E-state index contributed by atoms with van der Waals surface area (Å²) in [5.74, 6) is 2.00. The maximum absolute atomic E-state index is 5.74. The Morgan fingerprint density at radius 1 is 1.25 bits per heavy atom. The van der Waals surface area contributed by atoms with Crippen LogP contribution in [0.2, 0.25) is 0 Å². The molecule has 3 heteroatoms. The van der Waals surface area contributed by atoms with E-state index in [1.807, 2.05) is 37.3 Å². The van der Waals surface area contributed by atoms with Crippen molar-refractivity contribution in [3.63, 3.8) is 0 Å². The van der Waals surface area contributed by atoms with Crippen molar-refractivity contribution in [3.05, 3.63) is 53.9 Å². The van der Waals surface area contributed by atoms with E-state index in [0.29, 0.717) is 11.6 Å². The predicted molar refractivity (Wildman–Crippen MR) is 65.0 cm³/mol. The minimum atomic E-state index is 0.442. The third-order valence-corrected chi connectivity index (χ3v) is 2.55. The summed E-state index contributed by atoms with van der Waals surface area (Å²) in [6, 6.07) is 9.76. The quantitative estimate of drug-likeness (QED) is 0.750. The maximum atomic E-state index is 5.74. The smallest absolute Gasteiger partial charge is 0.146 e. The number of nitrogens with zero attached hydrogens (tertiary/aromatic N) is 1. The van der Waals surface area contributed by atoms with Crippen molar-refractivity contribution >= 4 is 11.6 Å². The maximum Gasteiger partial charge on any atom is 0.146 e. The molecule has 82 valence electrons. The molecule has 1 heterocycles.